The van der Waals surface area contributed by atoms with Crippen LogP contribution >= 0.6 is 0 Å². The minimum absolute atomic E-state index is 0.0449. The Labute approximate surface area is 440 Å². The number of rotatable bonds is 11. The van der Waals surface area contributed by atoms with Crippen molar-refractivity contribution >= 4 is 70.0 Å². The largest absolute Gasteiger partial charge is 0.392 e. The molecule has 0 saturated carbocycles. The molecule has 5 aromatic rings. The Bertz CT molecular complexity index is 3320. The quantitative estimate of drug-likeness (QED) is 0.130. The second-order valence-corrected chi connectivity index (χ2v) is 22.3. The fourth-order valence-corrected chi connectivity index (χ4v) is 12.3. The number of piperazine rings is 1. The van der Waals surface area contributed by atoms with E-state index in [1.807, 2.05) is 32.0 Å². The molecule has 4 N–H and O–H groups in total. The number of aliphatic hydroxyl groups excluding tert-OH is 1. The Balaban J connectivity index is 0.774. The van der Waals surface area contributed by atoms with Crippen molar-refractivity contribution in [3.8, 4) is 11.1 Å². The highest BCUT2D eigenvalue weighted by Crippen LogP contribution is 2.41. The van der Waals surface area contributed by atoms with E-state index in [2.05, 4.69) is 61.0 Å². The molecule has 2 atom stereocenters. The number of hydrogen-bond acceptors (Lipinski definition) is 14. The van der Waals surface area contributed by atoms with E-state index in [-0.39, 0.29) is 64.4 Å². The first-order valence-corrected chi connectivity index (χ1v) is 26.4. The maximum Gasteiger partial charge on any atom is 0.276 e. The highest BCUT2D eigenvalue weighted by atomic mass is 16.3. The molecule has 5 aliphatic heterocycles. The fraction of sp³-hybridized carbons (Fsp3) is 0.446. The normalized spacial score (nSPS) is 20.8. The van der Waals surface area contributed by atoms with E-state index in [1.54, 1.807) is 54.7 Å². The average Bonchev–Trinajstić information content (AvgIpc) is 4.01. The minimum atomic E-state index is -1.02. The summed E-state index contributed by atoms with van der Waals surface area (Å²) in [6, 6.07) is 13.8. The van der Waals surface area contributed by atoms with Crippen LogP contribution in [-0.2, 0) is 47.4 Å². The lowest BCUT2D eigenvalue weighted by molar-refractivity contribution is -0.136. The topological polar surface area (TPSA) is 228 Å². The van der Waals surface area contributed by atoms with E-state index in [9.17, 15) is 38.7 Å². The molecule has 6 amide bonds. The van der Waals surface area contributed by atoms with Gasteiger partial charge in [0.2, 0.25) is 17.7 Å². The van der Waals surface area contributed by atoms with Crippen molar-refractivity contribution in [3.63, 3.8) is 0 Å². The van der Waals surface area contributed by atoms with E-state index in [1.165, 1.54) is 15.8 Å². The van der Waals surface area contributed by atoms with Gasteiger partial charge in [-0.25, -0.2) is 9.97 Å². The molecule has 0 spiro atoms. The molecule has 76 heavy (non-hydrogen) atoms. The average molecular weight is 1030 g/mol. The van der Waals surface area contributed by atoms with Crippen LogP contribution in [-0.4, -0.2) is 127 Å². The van der Waals surface area contributed by atoms with E-state index in [0.29, 0.717) is 65.5 Å². The summed E-state index contributed by atoms with van der Waals surface area (Å²) in [5.74, 6) is -1.70. The third-order valence-electron chi connectivity index (χ3n) is 16.2. The lowest BCUT2D eigenvalue weighted by atomic mass is 9.90. The van der Waals surface area contributed by atoms with Crippen molar-refractivity contribution in [2.24, 2.45) is 18.4 Å². The first-order chi connectivity index (χ1) is 36.4. The summed E-state index contributed by atoms with van der Waals surface area (Å²) >= 11 is 0. The number of aryl methyl sites for hydroxylation is 1. The van der Waals surface area contributed by atoms with Crippen molar-refractivity contribution < 1.29 is 33.9 Å². The molecule has 20 heteroatoms. The van der Waals surface area contributed by atoms with Crippen LogP contribution in [0.25, 0.3) is 11.1 Å². The standard InChI is InChI=1S/C56H64N12O8/c1-31(2)50(71)61-48-42(65-20-19-64(28-32(65)3)35-14-17-63(18-15-35)36-7-8-38-39(25-36)53(74)68(52(38)73)43-10-12-47(70)60-51(43)72)9-11-46(59-48)58-41-23-34(29-62(6)54(41)75)37-13-16-57-49(40(37)30-69)67-22-21-66-44(55(67)76)24-33-26-56(4,5)27-45(33)66/h7-9,11,13,16,23-25,29,31-32,35,43,69H,10,12,14-15,17-22,26-28,30H2,1-6H3,(H,60,70,72)(H2,58,59,61,71)/t32-,43?/m0/s1. The monoisotopic (exact) mass is 1030 g/mol. The number of amides is 6. The van der Waals surface area contributed by atoms with E-state index in [4.69, 9.17) is 4.98 Å². The van der Waals surface area contributed by atoms with Crippen LogP contribution in [0.4, 0.5) is 34.5 Å². The Hall–Kier alpha value is -7.71. The predicted molar refractivity (Wildman–Crippen MR) is 286 cm³/mol. The smallest absolute Gasteiger partial charge is 0.276 e. The third kappa shape index (κ3) is 8.99. The van der Waals surface area contributed by atoms with Gasteiger partial charge >= 0.3 is 0 Å². The van der Waals surface area contributed by atoms with Gasteiger partial charge in [0.05, 0.1) is 23.4 Å². The molecular formula is C56H64N12O8. The molecule has 0 bridgehead atoms. The highest BCUT2D eigenvalue weighted by molar-refractivity contribution is 6.23. The number of imide groups is 2. The van der Waals surface area contributed by atoms with Crippen LogP contribution in [0.2, 0.25) is 0 Å². The zero-order valence-electron chi connectivity index (χ0n) is 43.8. The minimum Gasteiger partial charge on any atom is -0.392 e. The maximum atomic E-state index is 14.1. The number of nitrogens with zero attached hydrogens (tertiary/aromatic N) is 9. The van der Waals surface area contributed by atoms with Crippen molar-refractivity contribution in [3.05, 3.63) is 105 Å². The maximum absolute atomic E-state index is 14.1. The molecule has 1 aliphatic carbocycles. The molecule has 11 rings (SSSR count). The number of benzene rings is 1. The Kier molecular flexibility index (Phi) is 12.9. The zero-order valence-corrected chi connectivity index (χ0v) is 43.8. The molecule has 3 fully saturated rings. The van der Waals surface area contributed by atoms with Gasteiger partial charge in [-0.05, 0) is 104 Å². The molecule has 1 aromatic carbocycles. The number of fused-ring (bicyclic) bond motifs is 4. The van der Waals surface area contributed by atoms with Crippen LogP contribution in [0.3, 0.4) is 0 Å². The number of pyridine rings is 3. The molecule has 6 aliphatic rings. The molecule has 20 nitrogen and oxygen atoms in total. The van der Waals surface area contributed by atoms with Gasteiger partial charge in [0.1, 0.15) is 29.1 Å². The number of aromatic nitrogens is 4. The number of carbonyl (C=O) groups excluding carboxylic acids is 6. The lowest BCUT2D eigenvalue weighted by Gasteiger charge is -2.47. The summed E-state index contributed by atoms with van der Waals surface area (Å²) < 4.78 is 3.60. The van der Waals surface area contributed by atoms with Crippen molar-refractivity contribution in [2.45, 2.75) is 104 Å². The van der Waals surface area contributed by atoms with E-state index < -0.39 is 36.3 Å². The summed E-state index contributed by atoms with van der Waals surface area (Å²) in [7, 11) is 1.65. The summed E-state index contributed by atoms with van der Waals surface area (Å²) in [6.45, 7) is 14.6. The second-order valence-electron chi connectivity index (χ2n) is 22.3. The van der Waals surface area contributed by atoms with Crippen molar-refractivity contribution in [2.75, 3.05) is 64.6 Å². The van der Waals surface area contributed by atoms with Crippen LogP contribution in [0.15, 0.2) is 65.7 Å². The lowest BCUT2D eigenvalue weighted by Crippen LogP contribution is -2.57. The van der Waals surface area contributed by atoms with Gasteiger partial charge in [-0.3, -0.25) is 53.6 Å². The van der Waals surface area contributed by atoms with E-state index >= 15 is 0 Å². The van der Waals surface area contributed by atoms with Crippen molar-refractivity contribution in [1.82, 2.24) is 34.2 Å². The van der Waals surface area contributed by atoms with Gasteiger partial charge in [0.25, 0.3) is 23.3 Å². The van der Waals surface area contributed by atoms with Gasteiger partial charge in [0, 0.05) is 112 Å². The summed E-state index contributed by atoms with van der Waals surface area (Å²) in [4.78, 5) is 112. The fourth-order valence-electron chi connectivity index (χ4n) is 12.3. The molecule has 9 heterocycles. The highest BCUT2D eigenvalue weighted by Gasteiger charge is 2.45. The first kappa shape index (κ1) is 50.4. The number of nitrogens with one attached hydrogen (secondary N) is 3. The Morgan fingerprint density at radius 3 is 2.38 bits per heavy atom. The van der Waals surface area contributed by atoms with Gasteiger partial charge < -0.3 is 34.7 Å². The Morgan fingerprint density at radius 2 is 1.64 bits per heavy atom. The molecule has 3 saturated heterocycles. The number of hydrogen-bond donors (Lipinski definition) is 4. The van der Waals surface area contributed by atoms with Crippen LogP contribution in [0.5, 0.6) is 0 Å². The molecular weight excluding hydrogens is 969 g/mol. The zero-order chi connectivity index (χ0) is 53.5. The summed E-state index contributed by atoms with van der Waals surface area (Å²) in [5.41, 5.74) is 6.94. The Morgan fingerprint density at radius 1 is 0.868 bits per heavy atom. The van der Waals surface area contributed by atoms with Gasteiger partial charge in [-0.15, -0.1) is 0 Å². The number of carbonyl (C=O) groups is 6. The summed E-state index contributed by atoms with van der Waals surface area (Å²) in [6.07, 6.45) is 7.08. The van der Waals surface area contributed by atoms with Crippen LogP contribution in [0, 0.1) is 11.3 Å². The summed E-state index contributed by atoms with van der Waals surface area (Å²) in [5, 5.41) is 19.4. The second kappa shape index (κ2) is 19.5. The first-order valence-electron chi connectivity index (χ1n) is 26.4. The number of piperidine rings is 2. The van der Waals surface area contributed by atoms with E-state index in [0.717, 1.165) is 68.1 Å². The van der Waals surface area contributed by atoms with Gasteiger partial charge in [-0.2, -0.15) is 0 Å². The van der Waals surface area contributed by atoms with Gasteiger partial charge in [0.15, 0.2) is 5.82 Å². The van der Waals surface area contributed by atoms with Crippen molar-refractivity contribution in [1.29, 1.82) is 0 Å². The molecule has 396 valence electrons. The van der Waals surface area contributed by atoms with Crippen LogP contribution in [0.1, 0.15) is 108 Å². The molecule has 0 radical (unpaired) electrons. The van der Waals surface area contributed by atoms with Crippen LogP contribution < -0.4 is 36.2 Å². The van der Waals surface area contributed by atoms with Gasteiger partial charge in [-0.1, -0.05) is 27.7 Å². The predicted octanol–water partition coefficient (Wildman–Crippen LogP) is 4.84. The molecule has 1 unspecified atom stereocenters. The third-order valence-corrected chi connectivity index (χ3v) is 16.2. The number of aliphatic hydroxyl groups is 1. The SMILES string of the molecule is CC(C)C(=O)Nc1nc(Nc2cc(-c3ccnc(N4CCn5c(cc6c5CC(C)(C)C6)C4=O)c3CO)cn(C)c2=O)ccc1N1CCN(C2CCN(c3ccc4c(c3)C(=O)N(C3CCC(=O)NC3=O)C4=O)CC2)C[C@@H]1C. The molecule has 4 aromatic heterocycles. The number of anilines is 6.